The van der Waals surface area contributed by atoms with Crippen LogP contribution in [0.4, 0.5) is 0 Å². The van der Waals surface area contributed by atoms with Gasteiger partial charge in [0.05, 0.1) is 0 Å². The van der Waals surface area contributed by atoms with Crippen molar-refractivity contribution >= 4 is 0 Å². The van der Waals surface area contributed by atoms with Crippen LogP contribution in [0.3, 0.4) is 0 Å². The van der Waals surface area contributed by atoms with Gasteiger partial charge >= 0.3 is 0 Å². The van der Waals surface area contributed by atoms with E-state index < -0.39 is 0 Å². The van der Waals surface area contributed by atoms with Gasteiger partial charge in [-0.05, 0) is 50.4 Å². The zero-order valence-corrected chi connectivity index (χ0v) is 11.5. The van der Waals surface area contributed by atoms with Crippen molar-refractivity contribution in [1.29, 1.82) is 0 Å². The summed E-state index contributed by atoms with van der Waals surface area (Å²) in [6.07, 6.45) is 8.57. The average molecular weight is 236 g/mol. The van der Waals surface area contributed by atoms with E-state index >= 15 is 0 Å². The van der Waals surface area contributed by atoms with E-state index in [1.54, 1.807) is 0 Å². The minimum atomic E-state index is 0.788. The maximum Gasteiger partial charge on any atom is 0.0210 e. The Labute approximate surface area is 106 Å². The van der Waals surface area contributed by atoms with Crippen molar-refractivity contribution in [3.8, 4) is 0 Å². The van der Waals surface area contributed by atoms with Crippen LogP contribution in [0.15, 0.2) is 0 Å². The van der Waals surface area contributed by atoms with E-state index in [0.29, 0.717) is 0 Å². The minimum Gasteiger partial charge on any atom is -0.310 e. The predicted octanol–water partition coefficient (Wildman–Crippen LogP) is 2.64. The Balaban J connectivity index is 1.46. The largest absolute Gasteiger partial charge is 0.310 e. The molecule has 1 saturated heterocycles. The van der Waals surface area contributed by atoms with Crippen molar-refractivity contribution in [3.63, 3.8) is 0 Å². The molecule has 1 heterocycles. The van der Waals surface area contributed by atoms with E-state index in [1.807, 2.05) is 0 Å². The fourth-order valence-electron chi connectivity index (χ4n) is 3.91. The van der Waals surface area contributed by atoms with Crippen LogP contribution in [0.5, 0.6) is 0 Å². The molecule has 1 N–H and O–H groups in total. The van der Waals surface area contributed by atoms with Gasteiger partial charge in [0.1, 0.15) is 0 Å². The molecule has 0 spiro atoms. The summed E-state index contributed by atoms with van der Waals surface area (Å²) in [7, 11) is 0. The molecule has 4 unspecified atom stereocenters. The molecule has 1 aliphatic heterocycles. The molecule has 0 bridgehead atoms. The van der Waals surface area contributed by atoms with E-state index in [1.165, 1.54) is 51.6 Å². The molecule has 2 heteroatoms. The summed E-state index contributed by atoms with van der Waals surface area (Å²) in [4.78, 5) is 2.72. The molecule has 3 fully saturated rings. The van der Waals surface area contributed by atoms with Gasteiger partial charge in [0.2, 0.25) is 0 Å². The highest BCUT2D eigenvalue weighted by molar-refractivity contribution is 4.94. The number of nitrogens with one attached hydrogen (secondary N) is 1. The summed E-state index contributed by atoms with van der Waals surface area (Å²) in [6, 6.07) is 2.55. The Kier molecular flexibility index (Phi) is 3.45. The van der Waals surface area contributed by atoms with Gasteiger partial charge in [-0.1, -0.05) is 13.8 Å². The SMILES string of the molecule is CC1CCC(NC2CCN(C3CC3)C2)C(C)C1. The summed E-state index contributed by atoms with van der Waals surface area (Å²) in [5, 5.41) is 3.96. The van der Waals surface area contributed by atoms with Gasteiger partial charge in [0, 0.05) is 31.2 Å². The third-order valence-electron chi connectivity index (χ3n) is 5.16. The second kappa shape index (κ2) is 4.89. The maximum absolute atomic E-state index is 3.96. The zero-order chi connectivity index (χ0) is 11.8. The molecule has 2 nitrogen and oxygen atoms in total. The lowest BCUT2D eigenvalue weighted by Crippen LogP contribution is -2.45. The van der Waals surface area contributed by atoms with Crippen molar-refractivity contribution in [2.45, 2.75) is 70.5 Å². The normalized spacial score (nSPS) is 44.1. The van der Waals surface area contributed by atoms with Crippen LogP contribution in [0.2, 0.25) is 0 Å². The molecular formula is C15H28N2. The van der Waals surface area contributed by atoms with Crippen LogP contribution in [0, 0.1) is 11.8 Å². The molecular weight excluding hydrogens is 208 g/mol. The Bertz CT molecular complexity index is 262. The third-order valence-corrected chi connectivity index (χ3v) is 5.16. The number of likely N-dealkylation sites (tertiary alicyclic amines) is 1. The molecule has 2 saturated carbocycles. The molecule has 17 heavy (non-hydrogen) atoms. The Morgan fingerprint density at radius 1 is 1.00 bits per heavy atom. The van der Waals surface area contributed by atoms with E-state index in [2.05, 4.69) is 24.1 Å². The lowest BCUT2D eigenvalue weighted by Gasteiger charge is -2.35. The molecule has 0 radical (unpaired) electrons. The van der Waals surface area contributed by atoms with Gasteiger partial charge in [-0.15, -0.1) is 0 Å². The number of rotatable bonds is 3. The predicted molar refractivity (Wildman–Crippen MR) is 72.1 cm³/mol. The van der Waals surface area contributed by atoms with Crippen molar-refractivity contribution in [2.75, 3.05) is 13.1 Å². The van der Waals surface area contributed by atoms with Crippen LogP contribution >= 0.6 is 0 Å². The molecule has 3 rings (SSSR count). The van der Waals surface area contributed by atoms with Crippen LogP contribution in [0.1, 0.15) is 52.4 Å². The Morgan fingerprint density at radius 2 is 1.82 bits per heavy atom. The van der Waals surface area contributed by atoms with Gasteiger partial charge in [-0.3, -0.25) is 4.90 Å². The van der Waals surface area contributed by atoms with Gasteiger partial charge < -0.3 is 5.32 Å². The number of hydrogen-bond donors (Lipinski definition) is 1. The smallest absolute Gasteiger partial charge is 0.0210 e. The molecule has 98 valence electrons. The lowest BCUT2D eigenvalue weighted by molar-refractivity contribution is 0.210. The van der Waals surface area contributed by atoms with Crippen molar-refractivity contribution in [3.05, 3.63) is 0 Å². The first kappa shape index (κ1) is 12.0. The Hall–Kier alpha value is -0.0800. The van der Waals surface area contributed by atoms with E-state index in [-0.39, 0.29) is 0 Å². The van der Waals surface area contributed by atoms with E-state index in [9.17, 15) is 0 Å². The minimum absolute atomic E-state index is 0.788. The van der Waals surface area contributed by atoms with Crippen LogP contribution in [0.25, 0.3) is 0 Å². The summed E-state index contributed by atoms with van der Waals surface area (Å²) < 4.78 is 0. The highest BCUT2D eigenvalue weighted by Gasteiger charge is 2.36. The molecule has 3 aliphatic rings. The fourth-order valence-corrected chi connectivity index (χ4v) is 3.91. The highest BCUT2D eigenvalue weighted by atomic mass is 15.2. The van der Waals surface area contributed by atoms with Crippen molar-refractivity contribution < 1.29 is 0 Å². The fraction of sp³-hybridized carbons (Fsp3) is 1.00. The quantitative estimate of drug-likeness (QED) is 0.810. The lowest BCUT2D eigenvalue weighted by atomic mass is 9.79. The number of hydrogen-bond acceptors (Lipinski definition) is 2. The van der Waals surface area contributed by atoms with Crippen LogP contribution < -0.4 is 5.32 Å². The summed E-state index contributed by atoms with van der Waals surface area (Å²) in [6.45, 7) is 7.53. The standard InChI is InChI=1S/C15H28N2/c1-11-3-6-15(12(2)9-11)16-13-7-8-17(10-13)14-4-5-14/h11-16H,3-10H2,1-2H3. The second-order valence-electron chi connectivity index (χ2n) is 6.88. The summed E-state index contributed by atoms with van der Waals surface area (Å²) in [5.41, 5.74) is 0. The number of nitrogens with zero attached hydrogens (tertiary/aromatic N) is 1. The monoisotopic (exact) mass is 236 g/mol. The van der Waals surface area contributed by atoms with Crippen molar-refractivity contribution in [1.82, 2.24) is 10.2 Å². The van der Waals surface area contributed by atoms with Gasteiger partial charge in [-0.2, -0.15) is 0 Å². The second-order valence-corrected chi connectivity index (χ2v) is 6.88. The maximum atomic E-state index is 3.96. The topological polar surface area (TPSA) is 15.3 Å². The van der Waals surface area contributed by atoms with E-state index in [4.69, 9.17) is 0 Å². The zero-order valence-electron chi connectivity index (χ0n) is 11.5. The molecule has 0 aromatic carbocycles. The van der Waals surface area contributed by atoms with Crippen molar-refractivity contribution in [2.24, 2.45) is 11.8 Å². The van der Waals surface area contributed by atoms with Gasteiger partial charge in [0.25, 0.3) is 0 Å². The van der Waals surface area contributed by atoms with Crippen LogP contribution in [-0.4, -0.2) is 36.1 Å². The first-order valence-corrected chi connectivity index (χ1v) is 7.72. The molecule has 4 atom stereocenters. The first-order valence-electron chi connectivity index (χ1n) is 7.72. The highest BCUT2D eigenvalue weighted by Crippen LogP contribution is 2.32. The first-order chi connectivity index (χ1) is 8.22. The molecule has 0 amide bonds. The van der Waals surface area contributed by atoms with Gasteiger partial charge in [0.15, 0.2) is 0 Å². The molecule has 0 aromatic rings. The molecule has 0 aromatic heterocycles. The summed E-state index contributed by atoms with van der Waals surface area (Å²) >= 11 is 0. The van der Waals surface area contributed by atoms with Gasteiger partial charge in [-0.25, -0.2) is 0 Å². The Morgan fingerprint density at radius 3 is 2.53 bits per heavy atom. The average Bonchev–Trinajstić information content (AvgIpc) is 3.04. The third kappa shape index (κ3) is 2.85. The molecule has 2 aliphatic carbocycles. The van der Waals surface area contributed by atoms with Crippen LogP contribution in [-0.2, 0) is 0 Å². The summed E-state index contributed by atoms with van der Waals surface area (Å²) in [5.74, 6) is 1.84. The van der Waals surface area contributed by atoms with E-state index in [0.717, 1.165) is 30.0 Å².